The van der Waals surface area contributed by atoms with E-state index in [-0.39, 0.29) is 12.0 Å². The number of carbonyl (C=O) groups excluding carboxylic acids is 1. The van der Waals surface area contributed by atoms with Crippen molar-refractivity contribution < 1.29 is 9.53 Å². The molecule has 1 rings (SSSR count). The van der Waals surface area contributed by atoms with Gasteiger partial charge in [-0.1, -0.05) is 0 Å². The quantitative estimate of drug-likeness (QED) is 0.756. The summed E-state index contributed by atoms with van der Waals surface area (Å²) in [6.07, 6.45) is 1.41. The van der Waals surface area contributed by atoms with Crippen LogP contribution in [0.15, 0.2) is 0 Å². The Kier molecular flexibility index (Phi) is 4.48. The number of ether oxygens (including phenoxy) is 1. The summed E-state index contributed by atoms with van der Waals surface area (Å²) in [4.78, 5) is 11.6. The van der Waals surface area contributed by atoms with E-state index in [0.717, 1.165) is 12.8 Å². The summed E-state index contributed by atoms with van der Waals surface area (Å²) in [5.41, 5.74) is -0.536. The number of nitrogens with one attached hydrogen (secondary N) is 1. The predicted molar refractivity (Wildman–Crippen MR) is 57.0 cm³/mol. The van der Waals surface area contributed by atoms with E-state index in [9.17, 15) is 4.79 Å². The third kappa shape index (κ3) is 3.01. The lowest BCUT2D eigenvalue weighted by atomic mass is 10.1. The molecular formula is C9H15Cl2NO2. The molecule has 1 heterocycles. The summed E-state index contributed by atoms with van der Waals surface area (Å²) >= 11 is 11.4. The SMILES string of the molecule is CC(CCl)(CCl)NC(=O)C1CCCO1. The minimum absolute atomic E-state index is 0.105. The van der Waals surface area contributed by atoms with Crippen LogP contribution < -0.4 is 5.32 Å². The van der Waals surface area contributed by atoms with Gasteiger partial charge in [0, 0.05) is 18.4 Å². The van der Waals surface area contributed by atoms with Crippen molar-refractivity contribution in [2.24, 2.45) is 0 Å². The van der Waals surface area contributed by atoms with Gasteiger partial charge in [0.05, 0.1) is 5.54 Å². The van der Waals surface area contributed by atoms with E-state index in [4.69, 9.17) is 27.9 Å². The average Bonchev–Trinajstić information content (AvgIpc) is 2.70. The molecule has 0 aromatic carbocycles. The van der Waals surface area contributed by atoms with Gasteiger partial charge in [0.15, 0.2) is 0 Å². The zero-order chi connectivity index (χ0) is 10.6. The van der Waals surface area contributed by atoms with Gasteiger partial charge < -0.3 is 10.1 Å². The molecule has 1 unspecified atom stereocenters. The van der Waals surface area contributed by atoms with Gasteiger partial charge in [0.25, 0.3) is 0 Å². The molecule has 0 radical (unpaired) electrons. The fourth-order valence-electron chi connectivity index (χ4n) is 1.26. The molecule has 0 saturated carbocycles. The van der Waals surface area contributed by atoms with Crippen molar-refractivity contribution in [1.29, 1.82) is 0 Å². The smallest absolute Gasteiger partial charge is 0.249 e. The molecular weight excluding hydrogens is 225 g/mol. The zero-order valence-electron chi connectivity index (χ0n) is 8.19. The van der Waals surface area contributed by atoms with Gasteiger partial charge in [-0.15, -0.1) is 23.2 Å². The van der Waals surface area contributed by atoms with Crippen molar-refractivity contribution in [3.63, 3.8) is 0 Å². The van der Waals surface area contributed by atoms with Crippen molar-refractivity contribution in [1.82, 2.24) is 5.32 Å². The maximum atomic E-state index is 11.6. The minimum Gasteiger partial charge on any atom is -0.368 e. The average molecular weight is 240 g/mol. The van der Waals surface area contributed by atoms with Crippen LogP contribution in [0.1, 0.15) is 19.8 Å². The standard InChI is InChI=1S/C9H15Cl2NO2/c1-9(5-10,6-11)12-8(13)7-3-2-4-14-7/h7H,2-6H2,1H3,(H,12,13). The summed E-state index contributed by atoms with van der Waals surface area (Å²) in [6.45, 7) is 2.48. The van der Waals surface area contributed by atoms with Crippen molar-refractivity contribution in [3.05, 3.63) is 0 Å². The Morgan fingerprint density at radius 2 is 2.21 bits per heavy atom. The first kappa shape index (κ1) is 12.1. The fourth-order valence-corrected chi connectivity index (χ4v) is 1.68. The Bertz CT molecular complexity index is 201. The zero-order valence-corrected chi connectivity index (χ0v) is 9.70. The number of hydrogen-bond donors (Lipinski definition) is 1. The second-order valence-corrected chi connectivity index (χ2v) is 4.35. The molecule has 1 aliphatic rings. The summed E-state index contributed by atoms with van der Waals surface area (Å²) in [5.74, 6) is 0.496. The molecule has 1 aliphatic heterocycles. The van der Waals surface area contributed by atoms with Crippen LogP contribution in [0.4, 0.5) is 0 Å². The lowest BCUT2D eigenvalue weighted by Gasteiger charge is -2.27. The van der Waals surface area contributed by atoms with E-state index >= 15 is 0 Å². The Balaban J connectivity index is 2.45. The molecule has 1 atom stereocenters. The van der Waals surface area contributed by atoms with Crippen LogP contribution in [0.2, 0.25) is 0 Å². The Labute approximate surface area is 94.1 Å². The first-order chi connectivity index (χ1) is 6.61. The van der Waals surface area contributed by atoms with Gasteiger partial charge in [-0.3, -0.25) is 4.79 Å². The molecule has 82 valence electrons. The van der Waals surface area contributed by atoms with E-state index in [1.807, 2.05) is 6.92 Å². The molecule has 3 nitrogen and oxygen atoms in total. The highest BCUT2D eigenvalue weighted by Gasteiger charge is 2.30. The molecule has 1 saturated heterocycles. The van der Waals surface area contributed by atoms with Crippen LogP contribution >= 0.6 is 23.2 Å². The number of amides is 1. The topological polar surface area (TPSA) is 38.3 Å². The van der Waals surface area contributed by atoms with Crippen molar-refractivity contribution in [2.45, 2.75) is 31.4 Å². The number of carbonyl (C=O) groups is 1. The first-order valence-electron chi connectivity index (χ1n) is 4.67. The largest absolute Gasteiger partial charge is 0.368 e. The predicted octanol–water partition coefficient (Wildman–Crippen LogP) is 1.52. The Hall–Kier alpha value is 0.01000. The number of rotatable bonds is 4. The monoisotopic (exact) mass is 239 g/mol. The summed E-state index contributed by atoms with van der Waals surface area (Å²) in [6, 6.07) is 0. The maximum absolute atomic E-state index is 11.6. The van der Waals surface area contributed by atoms with Crippen LogP contribution in [0.3, 0.4) is 0 Å². The second-order valence-electron chi connectivity index (χ2n) is 3.82. The number of hydrogen-bond acceptors (Lipinski definition) is 2. The van der Waals surface area contributed by atoms with Gasteiger partial charge >= 0.3 is 0 Å². The van der Waals surface area contributed by atoms with Gasteiger partial charge in [0.1, 0.15) is 6.10 Å². The van der Waals surface area contributed by atoms with Crippen LogP contribution in [0.25, 0.3) is 0 Å². The van der Waals surface area contributed by atoms with E-state index in [1.165, 1.54) is 0 Å². The fraction of sp³-hybridized carbons (Fsp3) is 0.889. The van der Waals surface area contributed by atoms with Crippen LogP contribution in [-0.4, -0.2) is 35.9 Å². The molecule has 1 fully saturated rings. The first-order valence-corrected chi connectivity index (χ1v) is 5.74. The van der Waals surface area contributed by atoms with Gasteiger partial charge in [-0.25, -0.2) is 0 Å². The van der Waals surface area contributed by atoms with E-state index in [2.05, 4.69) is 5.32 Å². The third-order valence-corrected chi connectivity index (χ3v) is 3.42. The molecule has 14 heavy (non-hydrogen) atoms. The number of alkyl halides is 2. The van der Waals surface area contributed by atoms with Crippen molar-refractivity contribution in [3.8, 4) is 0 Å². The van der Waals surface area contributed by atoms with Crippen molar-refractivity contribution >= 4 is 29.1 Å². The molecule has 0 aromatic heterocycles. The third-order valence-electron chi connectivity index (χ3n) is 2.24. The molecule has 5 heteroatoms. The lowest BCUT2D eigenvalue weighted by molar-refractivity contribution is -0.131. The van der Waals surface area contributed by atoms with Crippen LogP contribution in [-0.2, 0) is 9.53 Å². The molecule has 1 amide bonds. The summed E-state index contributed by atoms with van der Waals surface area (Å²) in [7, 11) is 0. The molecule has 0 spiro atoms. The van der Waals surface area contributed by atoms with E-state index in [0.29, 0.717) is 18.4 Å². The normalized spacial score (nSPS) is 22.4. The highest BCUT2D eigenvalue weighted by molar-refractivity contribution is 6.22. The highest BCUT2D eigenvalue weighted by atomic mass is 35.5. The van der Waals surface area contributed by atoms with Crippen LogP contribution in [0.5, 0.6) is 0 Å². The van der Waals surface area contributed by atoms with E-state index < -0.39 is 5.54 Å². The maximum Gasteiger partial charge on any atom is 0.249 e. The second kappa shape index (κ2) is 5.19. The molecule has 0 bridgehead atoms. The highest BCUT2D eigenvalue weighted by Crippen LogP contribution is 2.15. The van der Waals surface area contributed by atoms with Gasteiger partial charge in [-0.2, -0.15) is 0 Å². The van der Waals surface area contributed by atoms with Crippen LogP contribution in [0, 0.1) is 0 Å². The van der Waals surface area contributed by atoms with Crippen molar-refractivity contribution in [2.75, 3.05) is 18.4 Å². The van der Waals surface area contributed by atoms with Gasteiger partial charge in [-0.05, 0) is 19.8 Å². The summed E-state index contributed by atoms with van der Waals surface area (Å²) in [5, 5.41) is 2.81. The molecule has 0 aromatic rings. The summed E-state index contributed by atoms with van der Waals surface area (Å²) < 4.78 is 5.25. The lowest BCUT2D eigenvalue weighted by Crippen LogP contribution is -2.52. The van der Waals surface area contributed by atoms with Gasteiger partial charge in [0.2, 0.25) is 5.91 Å². The molecule has 0 aliphatic carbocycles. The Morgan fingerprint density at radius 3 is 2.64 bits per heavy atom. The minimum atomic E-state index is -0.536. The van der Waals surface area contributed by atoms with E-state index in [1.54, 1.807) is 0 Å². The Morgan fingerprint density at radius 1 is 1.57 bits per heavy atom. The number of halogens is 2. The molecule has 1 N–H and O–H groups in total.